The van der Waals surface area contributed by atoms with Gasteiger partial charge in [-0.2, -0.15) is 0 Å². The van der Waals surface area contributed by atoms with Crippen LogP contribution in [-0.2, 0) is 11.2 Å². The largest absolute Gasteiger partial charge is 0.339 e. The molecule has 26 heavy (non-hydrogen) atoms. The van der Waals surface area contributed by atoms with Crippen LogP contribution in [0.15, 0.2) is 42.5 Å². The van der Waals surface area contributed by atoms with E-state index >= 15 is 0 Å². The Balaban J connectivity index is 1.57. The van der Waals surface area contributed by atoms with E-state index in [-0.39, 0.29) is 11.8 Å². The quantitative estimate of drug-likeness (QED) is 0.853. The molecule has 3 rings (SSSR count). The Morgan fingerprint density at radius 1 is 0.769 bits per heavy atom. The van der Waals surface area contributed by atoms with Crippen LogP contribution < -0.4 is 0 Å². The van der Waals surface area contributed by atoms with E-state index in [0.29, 0.717) is 32.6 Å². The second-order valence-electron chi connectivity index (χ2n) is 7.21. The molecule has 0 unspecified atom stereocenters. The molecule has 2 aromatic rings. The van der Waals surface area contributed by atoms with Gasteiger partial charge in [-0.3, -0.25) is 9.59 Å². The molecule has 0 spiro atoms. The van der Waals surface area contributed by atoms with Crippen molar-refractivity contribution >= 4 is 11.8 Å². The number of hydrogen-bond donors (Lipinski definition) is 0. The summed E-state index contributed by atoms with van der Waals surface area (Å²) in [5.74, 6) is 0.190. The molecule has 2 aromatic carbocycles. The number of nitrogens with zero attached hydrogens (tertiary/aromatic N) is 2. The van der Waals surface area contributed by atoms with E-state index < -0.39 is 0 Å². The van der Waals surface area contributed by atoms with E-state index in [1.807, 2.05) is 67.0 Å². The third kappa shape index (κ3) is 4.31. The number of rotatable bonds is 3. The van der Waals surface area contributed by atoms with Gasteiger partial charge in [0.1, 0.15) is 0 Å². The highest BCUT2D eigenvalue weighted by Crippen LogP contribution is 2.14. The molecule has 136 valence electrons. The Morgan fingerprint density at radius 3 is 1.88 bits per heavy atom. The summed E-state index contributed by atoms with van der Waals surface area (Å²) in [4.78, 5) is 29.0. The summed E-state index contributed by atoms with van der Waals surface area (Å²) < 4.78 is 0. The van der Waals surface area contributed by atoms with E-state index in [2.05, 4.69) is 6.07 Å². The summed E-state index contributed by atoms with van der Waals surface area (Å²) in [7, 11) is 0. The van der Waals surface area contributed by atoms with Crippen LogP contribution in [0.2, 0.25) is 0 Å². The first-order chi connectivity index (χ1) is 12.4. The van der Waals surface area contributed by atoms with Gasteiger partial charge in [-0.25, -0.2) is 0 Å². The van der Waals surface area contributed by atoms with E-state index in [0.717, 1.165) is 22.3 Å². The summed E-state index contributed by atoms with van der Waals surface area (Å²) in [5, 5.41) is 0. The first kappa shape index (κ1) is 18.2. The molecule has 0 aliphatic carbocycles. The average Bonchev–Trinajstić information content (AvgIpc) is 2.62. The second kappa shape index (κ2) is 7.73. The molecule has 0 N–H and O–H groups in total. The van der Waals surface area contributed by atoms with Gasteiger partial charge in [-0.15, -0.1) is 0 Å². The van der Waals surface area contributed by atoms with Crippen LogP contribution in [0.25, 0.3) is 0 Å². The van der Waals surface area contributed by atoms with Gasteiger partial charge in [0, 0.05) is 31.7 Å². The van der Waals surface area contributed by atoms with Crippen LogP contribution in [0.5, 0.6) is 0 Å². The highest BCUT2D eigenvalue weighted by Gasteiger charge is 2.25. The van der Waals surface area contributed by atoms with Gasteiger partial charge in [-0.05, 0) is 38.5 Å². The maximum atomic E-state index is 12.7. The van der Waals surface area contributed by atoms with Crippen LogP contribution >= 0.6 is 0 Å². The van der Waals surface area contributed by atoms with Gasteiger partial charge in [0.25, 0.3) is 5.91 Å². The molecule has 1 aliphatic heterocycles. The fourth-order valence-corrected chi connectivity index (χ4v) is 3.43. The standard InChI is InChI=1S/C22H26N2O2/c1-16-4-6-19(7-5-16)15-21(25)23-8-10-24(11-9-23)22(26)20-13-17(2)12-18(3)14-20/h4-7,12-14H,8-11,15H2,1-3H3. The number of aryl methyl sites for hydroxylation is 3. The Bertz CT molecular complexity index is 783. The zero-order valence-corrected chi connectivity index (χ0v) is 15.8. The third-order valence-corrected chi connectivity index (χ3v) is 4.86. The predicted octanol–water partition coefficient (Wildman–Crippen LogP) is 3.14. The van der Waals surface area contributed by atoms with Crippen LogP contribution in [0.3, 0.4) is 0 Å². The lowest BCUT2D eigenvalue weighted by atomic mass is 10.1. The molecule has 1 aliphatic rings. The topological polar surface area (TPSA) is 40.6 Å². The zero-order chi connectivity index (χ0) is 18.7. The van der Waals surface area contributed by atoms with Crippen molar-refractivity contribution in [3.63, 3.8) is 0 Å². The maximum Gasteiger partial charge on any atom is 0.253 e. The van der Waals surface area contributed by atoms with Gasteiger partial charge >= 0.3 is 0 Å². The molecular weight excluding hydrogens is 324 g/mol. The smallest absolute Gasteiger partial charge is 0.253 e. The minimum atomic E-state index is 0.0578. The maximum absolute atomic E-state index is 12.7. The Hall–Kier alpha value is -2.62. The van der Waals surface area contributed by atoms with Gasteiger partial charge in [0.15, 0.2) is 0 Å². The highest BCUT2D eigenvalue weighted by molar-refractivity contribution is 5.94. The normalized spacial score (nSPS) is 14.4. The van der Waals surface area contributed by atoms with Crippen molar-refractivity contribution < 1.29 is 9.59 Å². The first-order valence-corrected chi connectivity index (χ1v) is 9.13. The van der Waals surface area contributed by atoms with E-state index in [9.17, 15) is 9.59 Å². The van der Waals surface area contributed by atoms with Gasteiger partial charge in [0.05, 0.1) is 6.42 Å². The number of benzene rings is 2. The number of amides is 2. The predicted molar refractivity (Wildman–Crippen MR) is 103 cm³/mol. The lowest BCUT2D eigenvalue weighted by molar-refractivity contribution is -0.131. The van der Waals surface area contributed by atoms with E-state index in [1.165, 1.54) is 5.56 Å². The molecule has 0 radical (unpaired) electrons. The number of hydrogen-bond acceptors (Lipinski definition) is 2. The van der Waals surface area contributed by atoms with Gasteiger partial charge < -0.3 is 9.80 Å². The van der Waals surface area contributed by atoms with Crippen molar-refractivity contribution in [1.29, 1.82) is 0 Å². The lowest BCUT2D eigenvalue weighted by Crippen LogP contribution is -2.51. The minimum Gasteiger partial charge on any atom is -0.339 e. The molecule has 2 amide bonds. The van der Waals surface area contributed by atoms with Crippen LogP contribution in [0.4, 0.5) is 0 Å². The fraction of sp³-hybridized carbons (Fsp3) is 0.364. The van der Waals surface area contributed by atoms with Gasteiger partial charge in [0.2, 0.25) is 5.91 Å². The molecular formula is C22H26N2O2. The molecule has 1 heterocycles. The van der Waals surface area contributed by atoms with Crippen molar-refractivity contribution in [3.05, 3.63) is 70.3 Å². The summed E-state index contributed by atoms with van der Waals surface area (Å²) >= 11 is 0. The van der Waals surface area contributed by atoms with Crippen molar-refractivity contribution in [3.8, 4) is 0 Å². The first-order valence-electron chi connectivity index (χ1n) is 9.13. The zero-order valence-electron chi connectivity index (χ0n) is 15.8. The Labute approximate surface area is 155 Å². The number of carbonyl (C=O) groups excluding carboxylic acids is 2. The third-order valence-electron chi connectivity index (χ3n) is 4.86. The second-order valence-corrected chi connectivity index (χ2v) is 7.21. The summed E-state index contributed by atoms with van der Waals surface area (Å²) in [6.45, 7) is 8.42. The van der Waals surface area contributed by atoms with Crippen molar-refractivity contribution in [1.82, 2.24) is 9.80 Å². The SMILES string of the molecule is Cc1ccc(CC(=O)N2CCN(C(=O)c3cc(C)cc(C)c3)CC2)cc1. The van der Waals surface area contributed by atoms with Crippen LogP contribution in [0, 0.1) is 20.8 Å². The number of carbonyl (C=O) groups is 2. The summed E-state index contributed by atoms with van der Waals surface area (Å²) in [5.41, 5.74) is 5.16. The minimum absolute atomic E-state index is 0.0578. The molecule has 0 aromatic heterocycles. The lowest BCUT2D eigenvalue weighted by Gasteiger charge is -2.35. The number of piperazine rings is 1. The monoisotopic (exact) mass is 350 g/mol. The van der Waals surface area contributed by atoms with E-state index in [1.54, 1.807) is 0 Å². The van der Waals surface area contributed by atoms with Gasteiger partial charge in [-0.1, -0.05) is 47.0 Å². The molecule has 0 atom stereocenters. The van der Waals surface area contributed by atoms with E-state index in [4.69, 9.17) is 0 Å². The van der Waals surface area contributed by atoms with Crippen molar-refractivity contribution in [2.45, 2.75) is 27.2 Å². The summed E-state index contributed by atoms with van der Waals surface area (Å²) in [6, 6.07) is 14.0. The Kier molecular flexibility index (Phi) is 5.40. The molecule has 1 fully saturated rings. The Morgan fingerprint density at radius 2 is 1.31 bits per heavy atom. The van der Waals surface area contributed by atoms with Crippen molar-refractivity contribution in [2.24, 2.45) is 0 Å². The molecule has 0 saturated carbocycles. The molecule has 1 saturated heterocycles. The molecule has 0 bridgehead atoms. The average molecular weight is 350 g/mol. The summed E-state index contributed by atoms with van der Waals surface area (Å²) in [6.07, 6.45) is 0.422. The van der Waals surface area contributed by atoms with Crippen LogP contribution in [0.1, 0.15) is 32.6 Å². The molecule has 4 nitrogen and oxygen atoms in total. The van der Waals surface area contributed by atoms with Crippen LogP contribution in [-0.4, -0.2) is 47.8 Å². The fourth-order valence-electron chi connectivity index (χ4n) is 3.43. The van der Waals surface area contributed by atoms with Crippen molar-refractivity contribution in [2.75, 3.05) is 26.2 Å². The molecule has 4 heteroatoms. The highest BCUT2D eigenvalue weighted by atomic mass is 16.2.